The molecule has 0 N–H and O–H groups in total. The lowest BCUT2D eigenvalue weighted by molar-refractivity contribution is -0.143. The van der Waals surface area contributed by atoms with Crippen LogP contribution in [0.4, 0.5) is 0 Å². The molecule has 1 heterocycles. The van der Waals surface area contributed by atoms with E-state index in [9.17, 15) is 9.59 Å². The maximum atomic E-state index is 12.9. The highest BCUT2D eigenvalue weighted by molar-refractivity contribution is 5.88. The fourth-order valence-electron chi connectivity index (χ4n) is 3.40. The third kappa shape index (κ3) is 3.12. The largest absolute Gasteiger partial charge is 0.339 e. The van der Waals surface area contributed by atoms with Crippen molar-refractivity contribution in [3.63, 3.8) is 0 Å². The number of amides is 2. The number of hydrogen-bond acceptors (Lipinski definition) is 2. The van der Waals surface area contributed by atoms with Crippen LogP contribution in [0.25, 0.3) is 0 Å². The van der Waals surface area contributed by atoms with Crippen molar-refractivity contribution < 1.29 is 9.59 Å². The smallest absolute Gasteiger partial charge is 0.232 e. The standard InChI is InChI=1S/C19H26N2O2/c1-14-13-16(14)17(22)20-9-11-21(12-10-20)18(23)19(2,3)15-7-5-4-6-8-15/h4-8,14,16H,9-13H2,1-3H3. The summed E-state index contributed by atoms with van der Waals surface area (Å²) in [6.07, 6.45) is 1.03. The molecule has 4 nitrogen and oxygen atoms in total. The predicted molar refractivity (Wildman–Crippen MR) is 89.9 cm³/mol. The SMILES string of the molecule is CC1CC1C(=O)N1CCN(C(=O)C(C)(C)c2ccccc2)CC1. The first kappa shape index (κ1) is 16.0. The Morgan fingerprint density at radius 2 is 1.52 bits per heavy atom. The minimum absolute atomic E-state index is 0.149. The molecule has 2 unspecified atom stereocenters. The Hall–Kier alpha value is -1.84. The fraction of sp³-hybridized carbons (Fsp3) is 0.579. The minimum atomic E-state index is -0.529. The average molecular weight is 314 g/mol. The molecule has 1 aliphatic heterocycles. The third-order valence-electron chi connectivity index (χ3n) is 5.34. The highest BCUT2D eigenvalue weighted by atomic mass is 16.2. The lowest BCUT2D eigenvalue weighted by Gasteiger charge is -2.39. The first-order chi connectivity index (χ1) is 10.9. The van der Waals surface area contributed by atoms with Gasteiger partial charge in [-0.1, -0.05) is 37.3 Å². The average Bonchev–Trinajstić information content (AvgIpc) is 3.31. The molecule has 0 radical (unpaired) electrons. The van der Waals surface area contributed by atoms with Crippen LogP contribution in [-0.2, 0) is 15.0 Å². The molecule has 0 spiro atoms. The topological polar surface area (TPSA) is 40.6 Å². The summed E-state index contributed by atoms with van der Waals surface area (Å²) in [5, 5.41) is 0. The van der Waals surface area contributed by atoms with Crippen LogP contribution in [0.2, 0.25) is 0 Å². The van der Waals surface area contributed by atoms with Crippen LogP contribution in [0, 0.1) is 11.8 Å². The second-order valence-electron chi connectivity index (χ2n) is 7.43. The van der Waals surface area contributed by atoms with Crippen LogP contribution in [0.1, 0.15) is 32.8 Å². The van der Waals surface area contributed by atoms with Crippen molar-refractivity contribution in [3.05, 3.63) is 35.9 Å². The van der Waals surface area contributed by atoms with E-state index in [1.165, 1.54) is 0 Å². The number of rotatable bonds is 3. The summed E-state index contributed by atoms with van der Waals surface area (Å²) in [6.45, 7) is 8.70. The first-order valence-corrected chi connectivity index (χ1v) is 8.55. The fourth-order valence-corrected chi connectivity index (χ4v) is 3.40. The molecule has 0 aromatic heterocycles. The van der Waals surface area contributed by atoms with Crippen molar-refractivity contribution in [2.75, 3.05) is 26.2 Å². The maximum Gasteiger partial charge on any atom is 0.232 e. The number of carbonyl (C=O) groups is 2. The van der Waals surface area contributed by atoms with Gasteiger partial charge in [-0.25, -0.2) is 0 Å². The number of benzene rings is 1. The molecule has 124 valence electrons. The highest BCUT2D eigenvalue weighted by Crippen LogP contribution is 2.39. The van der Waals surface area contributed by atoms with Crippen molar-refractivity contribution >= 4 is 11.8 Å². The van der Waals surface area contributed by atoms with Gasteiger partial charge in [-0.2, -0.15) is 0 Å². The Balaban J connectivity index is 1.61. The normalized spacial score (nSPS) is 24.5. The van der Waals surface area contributed by atoms with Gasteiger partial charge in [0.05, 0.1) is 5.41 Å². The molecule has 0 bridgehead atoms. The van der Waals surface area contributed by atoms with Gasteiger partial charge in [-0.05, 0) is 31.7 Å². The second-order valence-corrected chi connectivity index (χ2v) is 7.43. The van der Waals surface area contributed by atoms with Crippen LogP contribution in [0.15, 0.2) is 30.3 Å². The number of nitrogens with zero attached hydrogens (tertiary/aromatic N) is 2. The van der Waals surface area contributed by atoms with E-state index >= 15 is 0 Å². The van der Waals surface area contributed by atoms with Crippen molar-refractivity contribution in [1.29, 1.82) is 0 Å². The summed E-state index contributed by atoms with van der Waals surface area (Å²) in [5.74, 6) is 1.21. The number of hydrogen-bond donors (Lipinski definition) is 0. The van der Waals surface area contributed by atoms with Crippen molar-refractivity contribution in [2.45, 2.75) is 32.6 Å². The molecule has 2 amide bonds. The van der Waals surface area contributed by atoms with Crippen molar-refractivity contribution in [1.82, 2.24) is 9.80 Å². The lowest BCUT2D eigenvalue weighted by Crippen LogP contribution is -2.54. The number of piperazine rings is 1. The molecule has 1 saturated carbocycles. The van der Waals surface area contributed by atoms with Crippen LogP contribution in [0.3, 0.4) is 0 Å². The Bertz CT molecular complexity index is 589. The monoisotopic (exact) mass is 314 g/mol. The minimum Gasteiger partial charge on any atom is -0.339 e. The maximum absolute atomic E-state index is 12.9. The highest BCUT2D eigenvalue weighted by Gasteiger charge is 2.43. The van der Waals surface area contributed by atoms with Crippen LogP contribution < -0.4 is 0 Å². The van der Waals surface area contributed by atoms with Crippen molar-refractivity contribution in [2.24, 2.45) is 11.8 Å². The molecule has 2 atom stereocenters. The molecule has 1 aromatic rings. The van der Waals surface area contributed by atoms with Crippen LogP contribution in [0.5, 0.6) is 0 Å². The molecule has 2 fully saturated rings. The Labute approximate surface area is 138 Å². The van der Waals surface area contributed by atoms with E-state index in [2.05, 4.69) is 6.92 Å². The molecule has 1 aromatic carbocycles. The molecule has 1 aliphatic carbocycles. The van der Waals surface area contributed by atoms with Gasteiger partial charge in [0.2, 0.25) is 11.8 Å². The molecule has 2 aliphatic rings. The molecular weight excluding hydrogens is 288 g/mol. The van der Waals surface area contributed by atoms with Crippen LogP contribution in [-0.4, -0.2) is 47.8 Å². The third-order valence-corrected chi connectivity index (χ3v) is 5.34. The van der Waals surface area contributed by atoms with Crippen LogP contribution >= 0.6 is 0 Å². The van der Waals surface area contributed by atoms with E-state index in [0.717, 1.165) is 12.0 Å². The molecule has 4 heteroatoms. The summed E-state index contributed by atoms with van der Waals surface area (Å²) in [7, 11) is 0. The summed E-state index contributed by atoms with van der Waals surface area (Å²) in [4.78, 5) is 29.1. The quantitative estimate of drug-likeness (QED) is 0.859. The van der Waals surface area contributed by atoms with E-state index in [1.54, 1.807) is 0 Å². The van der Waals surface area contributed by atoms with Gasteiger partial charge in [-0.15, -0.1) is 0 Å². The first-order valence-electron chi connectivity index (χ1n) is 8.55. The second kappa shape index (κ2) is 5.99. The van der Waals surface area contributed by atoms with Gasteiger partial charge >= 0.3 is 0 Å². The van der Waals surface area contributed by atoms with E-state index in [-0.39, 0.29) is 17.7 Å². The zero-order valence-corrected chi connectivity index (χ0v) is 14.3. The van der Waals surface area contributed by atoms with E-state index in [1.807, 2.05) is 54.0 Å². The molecule has 3 rings (SSSR count). The van der Waals surface area contributed by atoms with E-state index < -0.39 is 5.41 Å². The van der Waals surface area contributed by atoms with Gasteiger partial charge < -0.3 is 9.80 Å². The predicted octanol–water partition coefficient (Wildman–Crippen LogP) is 2.29. The van der Waals surface area contributed by atoms with Gasteiger partial charge in [0, 0.05) is 32.1 Å². The Kier molecular flexibility index (Phi) is 4.17. The van der Waals surface area contributed by atoms with Crippen molar-refractivity contribution in [3.8, 4) is 0 Å². The Morgan fingerprint density at radius 3 is 2.04 bits per heavy atom. The van der Waals surface area contributed by atoms with Gasteiger partial charge in [0.1, 0.15) is 0 Å². The summed E-state index contributed by atoms with van der Waals surface area (Å²) >= 11 is 0. The van der Waals surface area contributed by atoms with Gasteiger partial charge in [-0.3, -0.25) is 9.59 Å². The summed E-state index contributed by atoms with van der Waals surface area (Å²) < 4.78 is 0. The molecule has 23 heavy (non-hydrogen) atoms. The van der Waals surface area contributed by atoms with E-state index in [0.29, 0.717) is 32.1 Å². The zero-order valence-electron chi connectivity index (χ0n) is 14.3. The number of carbonyl (C=O) groups excluding carboxylic acids is 2. The Morgan fingerprint density at radius 1 is 1.00 bits per heavy atom. The van der Waals surface area contributed by atoms with Gasteiger partial charge in [0.25, 0.3) is 0 Å². The van der Waals surface area contributed by atoms with E-state index in [4.69, 9.17) is 0 Å². The summed E-state index contributed by atoms with van der Waals surface area (Å²) in [6, 6.07) is 9.92. The molecule has 1 saturated heterocycles. The summed E-state index contributed by atoms with van der Waals surface area (Å²) in [5.41, 5.74) is 0.508. The lowest BCUT2D eigenvalue weighted by atomic mass is 9.83. The van der Waals surface area contributed by atoms with Gasteiger partial charge in [0.15, 0.2) is 0 Å². The molecular formula is C19H26N2O2. The zero-order chi connectivity index (χ0) is 16.6.